The summed E-state index contributed by atoms with van der Waals surface area (Å²) in [6.45, 7) is 0. The summed E-state index contributed by atoms with van der Waals surface area (Å²) in [6.07, 6.45) is 0. The lowest BCUT2D eigenvalue weighted by atomic mass is 10.1. The molecule has 0 saturated carbocycles. The van der Waals surface area contributed by atoms with Gasteiger partial charge in [0.2, 0.25) is 0 Å². The van der Waals surface area contributed by atoms with Gasteiger partial charge in [-0.05, 0) is 54.6 Å². The van der Waals surface area contributed by atoms with Crippen molar-refractivity contribution in [1.29, 1.82) is 0 Å². The number of rotatable bonds is 6. The summed E-state index contributed by atoms with van der Waals surface area (Å²) in [5.41, 5.74) is 7.63. The van der Waals surface area contributed by atoms with Gasteiger partial charge in [0.25, 0.3) is 0 Å². The van der Waals surface area contributed by atoms with Crippen LogP contribution < -0.4 is 4.90 Å². The van der Waals surface area contributed by atoms with Crippen molar-refractivity contribution < 1.29 is 4.42 Å². The third-order valence-corrected chi connectivity index (χ3v) is 7.72. The Kier molecular flexibility index (Phi) is 6.39. The molecule has 6 aromatic carbocycles. The molecule has 0 unspecified atom stereocenters. The highest BCUT2D eigenvalue weighted by Gasteiger charge is 2.19. The molecule has 0 radical (unpaired) electrons. The number of aromatic nitrogens is 3. The van der Waals surface area contributed by atoms with E-state index < -0.39 is 0 Å². The van der Waals surface area contributed by atoms with Crippen LogP contribution in [-0.4, -0.2) is 15.0 Å². The second-order valence-corrected chi connectivity index (χ2v) is 10.5. The molecule has 0 aliphatic carbocycles. The molecule has 5 heteroatoms. The quantitative estimate of drug-likeness (QED) is 0.200. The van der Waals surface area contributed by atoms with Crippen molar-refractivity contribution >= 4 is 39.0 Å². The molecule has 2 aromatic heterocycles. The molecular weight excluding hydrogens is 540 g/mol. The molecule has 0 N–H and O–H groups in total. The Hall–Kier alpha value is -6.07. The van der Waals surface area contributed by atoms with Crippen LogP contribution in [0, 0.1) is 0 Å². The van der Waals surface area contributed by atoms with Crippen LogP contribution in [0.1, 0.15) is 0 Å². The van der Waals surface area contributed by atoms with Crippen LogP contribution >= 0.6 is 0 Å². The maximum atomic E-state index is 6.24. The van der Waals surface area contributed by atoms with Crippen LogP contribution in [-0.2, 0) is 0 Å². The van der Waals surface area contributed by atoms with Gasteiger partial charge in [0.15, 0.2) is 17.5 Å². The minimum Gasteiger partial charge on any atom is -0.456 e. The van der Waals surface area contributed by atoms with Crippen molar-refractivity contribution in [2.45, 2.75) is 0 Å². The lowest BCUT2D eigenvalue weighted by Gasteiger charge is -2.26. The van der Waals surface area contributed by atoms with Crippen LogP contribution in [0.2, 0.25) is 0 Å². The van der Waals surface area contributed by atoms with E-state index in [0.717, 1.165) is 55.7 Å². The van der Waals surface area contributed by atoms with E-state index in [1.807, 2.05) is 91.0 Å². The highest BCUT2D eigenvalue weighted by Crippen LogP contribution is 2.43. The van der Waals surface area contributed by atoms with Gasteiger partial charge in [-0.3, -0.25) is 0 Å². The molecule has 8 aromatic rings. The van der Waals surface area contributed by atoms with E-state index in [9.17, 15) is 0 Å². The second-order valence-electron chi connectivity index (χ2n) is 10.5. The molecule has 5 nitrogen and oxygen atoms in total. The Labute approximate surface area is 254 Å². The number of anilines is 3. The molecule has 0 aliphatic heterocycles. The third kappa shape index (κ3) is 4.67. The summed E-state index contributed by atoms with van der Waals surface area (Å²) in [5.74, 6) is 1.91. The molecule has 0 bridgehead atoms. The van der Waals surface area contributed by atoms with Crippen LogP contribution in [0.15, 0.2) is 162 Å². The maximum absolute atomic E-state index is 6.24. The lowest BCUT2D eigenvalue weighted by molar-refractivity contribution is 0.669. The number of hydrogen-bond acceptors (Lipinski definition) is 5. The molecule has 0 spiro atoms. The van der Waals surface area contributed by atoms with E-state index >= 15 is 0 Å². The molecule has 0 atom stereocenters. The number of furan rings is 1. The molecule has 0 aliphatic rings. The van der Waals surface area contributed by atoms with E-state index in [1.54, 1.807) is 0 Å². The number of nitrogens with zero attached hydrogens (tertiary/aromatic N) is 4. The van der Waals surface area contributed by atoms with Gasteiger partial charge in [0.1, 0.15) is 11.2 Å². The van der Waals surface area contributed by atoms with E-state index in [4.69, 9.17) is 19.4 Å². The average Bonchev–Trinajstić information content (AvgIpc) is 3.49. The lowest BCUT2D eigenvalue weighted by Crippen LogP contribution is -2.10. The first-order chi connectivity index (χ1) is 21.8. The average molecular weight is 567 g/mol. The first-order valence-corrected chi connectivity index (χ1v) is 14.5. The molecular formula is C39H26N4O. The zero-order chi connectivity index (χ0) is 29.3. The summed E-state index contributed by atoms with van der Waals surface area (Å²) >= 11 is 0. The van der Waals surface area contributed by atoms with Gasteiger partial charge in [0.05, 0.1) is 11.1 Å². The monoisotopic (exact) mass is 566 g/mol. The fraction of sp³-hybridized carbons (Fsp3) is 0. The summed E-state index contributed by atoms with van der Waals surface area (Å²) in [7, 11) is 0. The predicted molar refractivity (Wildman–Crippen MR) is 178 cm³/mol. The van der Waals surface area contributed by atoms with Crippen molar-refractivity contribution in [1.82, 2.24) is 15.0 Å². The van der Waals surface area contributed by atoms with Gasteiger partial charge in [-0.1, -0.05) is 103 Å². The molecule has 2 heterocycles. The van der Waals surface area contributed by atoms with Crippen LogP contribution in [0.25, 0.3) is 56.1 Å². The summed E-state index contributed by atoms with van der Waals surface area (Å²) in [5, 5.41) is 2.16. The van der Waals surface area contributed by atoms with E-state index in [0.29, 0.717) is 17.5 Å². The maximum Gasteiger partial charge on any atom is 0.164 e. The highest BCUT2D eigenvalue weighted by atomic mass is 16.3. The van der Waals surface area contributed by atoms with E-state index in [-0.39, 0.29) is 0 Å². The molecule has 0 fully saturated rings. The van der Waals surface area contributed by atoms with Crippen LogP contribution in [0.4, 0.5) is 17.1 Å². The van der Waals surface area contributed by atoms with Crippen molar-refractivity contribution in [2.75, 3.05) is 4.90 Å². The third-order valence-electron chi connectivity index (χ3n) is 7.72. The van der Waals surface area contributed by atoms with Gasteiger partial charge in [0, 0.05) is 33.5 Å². The van der Waals surface area contributed by atoms with Crippen molar-refractivity contribution in [3.05, 3.63) is 158 Å². The van der Waals surface area contributed by atoms with Gasteiger partial charge < -0.3 is 9.32 Å². The van der Waals surface area contributed by atoms with Crippen molar-refractivity contribution in [3.63, 3.8) is 0 Å². The van der Waals surface area contributed by atoms with E-state index in [1.165, 1.54) is 0 Å². The molecule has 8 rings (SSSR count). The highest BCUT2D eigenvalue weighted by molar-refractivity contribution is 6.13. The van der Waals surface area contributed by atoms with E-state index in [2.05, 4.69) is 71.6 Å². The number of benzene rings is 6. The first kappa shape index (κ1) is 25.6. The number of hydrogen-bond donors (Lipinski definition) is 0. The Morgan fingerprint density at radius 1 is 0.386 bits per heavy atom. The normalized spacial score (nSPS) is 11.2. The van der Waals surface area contributed by atoms with Gasteiger partial charge in [-0.25, -0.2) is 15.0 Å². The number of para-hydroxylation sites is 2. The molecule has 0 amide bonds. The standard InChI is InChI=1S/C39H26N4O/c1-4-13-27(14-5-1)37-40-38(28-15-6-2-7-16-28)42-39(41-37)29-23-25-31(26-24-29)43(30-17-8-3-9-18-30)33-20-12-22-35-36(33)32-19-10-11-21-34(32)44-35/h1-26H. The zero-order valence-corrected chi connectivity index (χ0v) is 23.7. The Balaban J connectivity index is 1.26. The number of fused-ring (bicyclic) bond motifs is 3. The first-order valence-electron chi connectivity index (χ1n) is 14.5. The van der Waals surface area contributed by atoms with Crippen LogP contribution in [0.3, 0.4) is 0 Å². The van der Waals surface area contributed by atoms with Gasteiger partial charge >= 0.3 is 0 Å². The largest absolute Gasteiger partial charge is 0.456 e. The Morgan fingerprint density at radius 3 is 1.48 bits per heavy atom. The molecule has 44 heavy (non-hydrogen) atoms. The fourth-order valence-corrected chi connectivity index (χ4v) is 5.64. The zero-order valence-electron chi connectivity index (χ0n) is 23.7. The van der Waals surface area contributed by atoms with Crippen LogP contribution in [0.5, 0.6) is 0 Å². The molecule has 208 valence electrons. The summed E-state index contributed by atoms with van der Waals surface area (Å²) in [6, 6.07) is 53.3. The summed E-state index contributed by atoms with van der Waals surface area (Å²) in [4.78, 5) is 16.9. The van der Waals surface area contributed by atoms with Crippen molar-refractivity contribution in [3.8, 4) is 34.2 Å². The smallest absolute Gasteiger partial charge is 0.164 e. The molecule has 0 saturated heterocycles. The fourth-order valence-electron chi connectivity index (χ4n) is 5.64. The topological polar surface area (TPSA) is 55.1 Å². The SMILES string of the molecule is c1ccc(-c2nc(-c3ccccc3)nc(-c3ccc(N(c4ccccc4)c4cccc5oc6ccccc6c45)cc3)n2)cc1. The van der Waals surface area contributed by atoms with Crippen molar-refractivity contribution in [2.24, 2.45) is 0 Å². The Morgan fingerprint density at radius 2 is 0.864 bits per heavy atom. The predicted octanol–water partition coefficient (Wildman–Crippen LogP) is 10.2. The minimum absolute atomic E-state index is 0.624. The minimum atomic E-state index is 0.624. The second kappa shape index (κ2) is 11.0. The summed E-state index contributed by atoms with van der Waals surface area (Å²) < 4.78 is 6.24. The van der Waals surface area contributed by atoms with Gasteiger partial charge in [-0.15, -0.1) is 0 Å². The van der Waals surface area contributed by atoms with Gasteiger partial charge in [-0.2, -0.15) is 0 Å². The Bertz CT molecular complexity index is 2150.